The van der Waals surface area contributed by atoms with Gasteiger partial charge in [0.25, 0.3) is 5.91 Å². The highest BCUT2D eigenvalue weighted by Crippen LogP contribution is 2.26. The van der Waals surface area contributed by atoms with Gasteiger partial charge < -0.3 is 10.6 Å². The van der Waals surface area contributed by atoms with E-state index in [-0.39, 0.29) is 23.8 Å². The number of piperidine rings is 1. The largest absolute Gasteiger partial charge is 0.349 e. The molecule has 0 spiro atoms. The van der Waals surface area contributed by atoms with E-state index in [1.54, 1.807) is 29.5 Å². The number of hydrogen-bond acceptors (Lipinski definition) is 5. The number of thiazole rings is 1. The zero-order valence-corrected chi connectivity index (χ0v) is 18.0. The summed E-state index contributed by atoms with van der Waals surface area (Å²) >= 11 is 7.94. The van der Waals surface area contributed by atoms with Crippen LogP contribution in [0.25, 0.3) is 0 Å². The van der Waals surface area contributed by atoms with Crippen molar-refractivity contribution in [2.75, 3.05) is 18.4 Å². The van der Waals surface area contributed by atoms with E-state index in [2.05, 4.69) is 25.9 Å². The molecule has 4 rings (SSSR count). The quantitative estimate of drug-likeness (QED) is 0.727. The number of amides is 2. The number of benzene rings is 1. The van der Waals surface area contributed by atoms with Crippen molar-refractivity contribution in [1.29, 1.82) is 0 Å². The molecule has 0 radical (unpaired) electrons. The normalized spacial score (nSPS) is 17.9. The van der Waals surface area contributed by atoms with Gasteiger partial charge in [0.05, 0.1) is 21.3 Å². The molecule has 1 aromatic heterocycles. The zero-order chi connectivity index (χ0) is 20.4. The van der Waals surface area contributed by atoms with Crippen molar-refractivity contribution in [1.82, 2.24) is 15.2 Å². The van der Waals surface area contributed by atoms with Gasteiger partial charge in [-0.25, -0.2) is 4.98 Å². The first-order valence-electron chi connectivity index (χ1n) is 10.0. The van der Waals surface area contributed by atoms with Crippen molar-refractivity contribution in [2.24, 2.45) is 5.92 Å². The Balaban J connectivity index is 1.28. The monoisotopic (exact) mass is 432 g/mol. The van der Waals surface area contributed by atoms with Crippen LogP contribution in [-0.4, -0.2) is 40.8 Å². The second-order valence-corrected chi connectivity index (χ2v) is 9.31. The van der Waals surface area contributed by atoms with Gasteiger partial charge in [-0.15, -0.1) is 11.3 Å². The Morgan fingerprint density at radius 3 is 2.62 bits per heavy atom. The van der Waals surface area contributed by atoms with Crippen molar-refractivity contribution in [3.05, 3.63) is 44.9 Å². The summed E-state index contributed by atoms with van der Waals surface area (Å²) < 4.78 is 0. The molecular weight excluding hydrogens is 408 g/mol. The molecule has 2 aromatic rings. The van der Waals surface area contributed by atoms with Gasteiger partial charge in [0.15, 0.2) is 0 Å². The van der Waals surface area contributed by atoms with Crippen molar-refractivity contribution >= 4 is 40.4 Å². The second-order valence-electron chi connectivity index (χ2n) is 7.84. The van der Waals surface area contributed by atoms with Gasteiger partial charge >= 0.3 is 0 Å². The van der Waals surface area contributed by atoms with Crippen LogP contribution in [0, 0.1) is 12.8 Å². The van der Waals surface area contributed by atoms with Crippen LogP contribution in [-0.2, 0) is 11.3 Å². The van der Waals surface area contributed by atoms with E-state index in [0.717, 1.165) is 56.0 Å². The van der Waals surface area contributed by atoms with E-state index in [1.807, 2.05) is 6.92 Å². The highest BCUT2D eigenvalue weighted by atomic mass is 35.5. The van der Waals surface area contributed by atoms with Crippen LogP contribution in [0.5, 0.6) is 0 Å². The molecule has 1 aliphatic heterocycles. The van der Waals surface area contributed by atoms with Gasteiger partial charge in [-0.05, 0) is 63.9 Å². The summed E-state index contributed by atoms with van der Waals surface area (Å²) in [5.74, 6) is -0.154. The first kappa shape index (κ1) is 20.3. The lowest BCUT2D eigenvalue weighted by Gasteiger charge is -2.30. The van der Waals surface area contributed by atoms with Crippen LogP contribution in [0.3, 0.4) is 0 Å². The molecule has 2 fully saturated rings. The fourth-order valence-corrected chi connectivity index (χ4v) is 4.45. The Morgan fingerprint density at radius 2 is 2.00 bits per heavy atom. The summed E-state index contributed by atoms with van der Waals surface area (Å²) in [5.41, 5.74) is 2.18. The lowest BCUT2D eigenvalue weighted by atomic mass is 9.95. The minimum absolute atomic E-state index is 0.0139. The number of nitrogens with zero attached hydrogens (tertiary/aromatic N) is 2. The molecule has 1 saturated heterocycles. The maximum absolute atomic E-state index is 12.7. The van der Waals surface area contributed by atoms with E-state index in [9.17, 15) is 9.59 Å². The van der Waals surface area contributed by atoms with Gasteiger partial charge in [-0.1, -0.05) is 11.6 Å². The van der Waals surface area contributed by atoms with Crippen molar-refractivity contribution in [3.63, 3.8) is 0 Å². The van der Waals surface area contributed by atoms with Crippen molar-refractivity contribution < 1.29 is 9.59 Å². The average molecular weight is 433 g/mol. The summed E-state index contributed by atoms with van der Waals surface area (Å²) in [7, 11) is 0. The Bertz CT molecular complexity index is 904. The van der Waals surface area contributed by atoms with E-state index >= 15 is 0 Å². The van der Waals surface area contributed by atoms with Gasteiger partial charge in [0.2, 0.25) is 5.91 Å². The van der Waals surface area contributed by atoms with Crippen LogP contribution >= 0.6 is 22.9 Å². The summed E-state index contributed by atoms with van der Waals surface area (Å²) in [6.45, 7) is 4.63. The van der Waals surface area contributed by atoms with E-state index in [0.29, 0.717) is 16.3 Å². The number of anilines is 1. The number of rotatable bonds is 6. The molecule has 1 aromatic carbocycles. The molecule has 1 saturated carbocycles. The van der Waals surface area contributed by atoms with Crippen LogP contribution in [0.15, 0.2) is 23.6 Å². The molecule has 29 heavy (non-hydrogen) atoms. The van der Waals surface area contributed by atoms with Crippen LogP contribution in [0.1, 0.15) is 46.7 Å². The summed E-state index contributed by atoms with van der Waals surface area (Å²) in [5, 5.41) is 9.43. The van der Waals surface area contributed by atoms with Crippen molar-refractivity contribution in [3.8, 4) is 0 Å². The molecule has 1 aliphatic carbocycles. The van der Waals surface area contributed by atoms with Gasteiger partial charge in [0.1, 0.15) is 0 Å². The highest BCUT2D eigenvalue weighted by Gasteiger charge is 2.27. The minimum atomic E-state index is -0.155. The molecule has 2 N–H and O–H groups in total. The van der Waals surface area contributed by atoms with Crippen LogP contribution in [0.2, 0.25) is 5.02 Å². The Hall–Kier alpha value is -1.96. The molecule has 0 unspecified atom stereocenters. The topological polar surface area (TPSA) is 74.3 Å². The standard InChI is InChI=1S/C21H25ClN4O2S/c1-13-23-17(12-29-13)11-26-8-6-14(7-9-26)20(27)25-16-4-5-18(19(22)10-16)21(28)24-15-2-3-15/h4-5,10,12,14-15H,2-3,6-9,11H2,1H3,(H,24,28)(H,25,27). The smallest absolute Gasteiger partial charge is 0.253 e. The predicted octanol–water partition coefficient (Wildman–Crippen LogP) is 3.85. The molecule has 154 valence electrons. The first-order valence-corrected chi connectivity index (χ1v) is 11.3. The van der Waals surface area contributed by atoms with Crippen LogP contribution < -0.4 is 10.6 Å². The molecule has 2 aliphatic rings. The molecule has 2 heterocycles. The SMILES string of the molecule is Cc1nc(CN2CCC(C(=O)Nc3ccc(C(=O)NC4CC4)c(Cl)c3)CC2)cs1. The van der Waals surface area contributed by atoms with E-state index in [4.69, 9.17) is 11.6 Å². The van der Waals surface area contributed by atoms with Gasteiger partial charge in [0, 0.05) is 29.6 Å². The second kappa shape index (κ2) is 8.81. The highest BCUT2D eigenvalue weighted by molar-refractivity contribution is 7.09. The number of aromatic nitrogens is 1. The third kappa shape index (κ3) is 5.35. The van der Waals surface area contributed by atoms with E-state index in [1.165, 1.54) is 0 Å². The molecule has 0 bridgehead atoms. The molecule has 2 amide bonds. The molecule has 0 atom stereocenters. The minimum Gasteiger partial charge on any atom is -0.349 e. The third-order valence-corrected chi connectivity index (χ3v) is 6.54. The van der Waals surface area contributed by atoms with Gasteiger partial charge in [-0.2, -0.15) is 0 Å². The Kier molecular flexibility index (Phi) is 6.18. The number of nitrogens with one attached hydrogen (secondary N) is 2. The average Bonchev–Trinajstić information content (AvgIpc) is 3.41. The predicted molar refractivity (Wildman–Crippen MR) is 115 cm³/mol. The summed E-state index contributed by atoms with van der Waals surface area (Å²) in [4.78, 5) is 31.7. The number of hydrogen-bond donors (Lipinski definition) is 2. The fraction of sp³-hybridized carbons (Fsp3) is 0.476. The lowest BCUT2D eigenvalue weighted by Crippen LogP contribution is -2.37. The van der Waals surface area contributed by atoms with Gasteiger partial charge in [-0.3, -0.25) is 14.5 Å². The Labute approximate surface area is 179 Å². The lowest BCUT2D eigenvalue weighted by molar-refractivity contribution is -0.121. The maximum atomic E-state index is 12.7. The third-order valence-electron chi connectivity index (χ3n) is 5.40. The van der Waals surface area contributed by atoms with E-state index < -0.39 is 0 Å². The first-order chi connectivity index (χ1) is 14.0. The summed E-state index contributed by atoms with van der Waals surface area (Å²) in [6, 6.07) is 5.35. The molecule has 8 heteroatoms. The maximum Gasteiger partial charge on any atom is 0.253 e. The van der Waals surface area contributed by atoms with Crippen LogP contribution in [0.4, 0.5) is 5.69 Å². The Morgan fingerprint density at radius 1 is 1.24 bits per heavy atom. The molecular formula is C21H25ClN4O2S. The summed E-state index contributed by atoms with van der Waals surface area (Å²) in [6.07, 6.45) is 3.70. The molecule has 6 nitrogen and oxygen atoms in total. The zero-order valence-electron chi connectivity index (χ0n) is 16.4. The number of carbonyl (C=O) groups is 2. The number of likely N-dealkylation sites (tertiary alicyclic amines) is 1. The number of halogens is 1. The number of aryl methyl sites for hydroxylation is 1. The number of carbonyl (C=O) groups excluding carboxylic acids is 2. The van der Waals surface area contributed by atoms with Crippen molar-refractivity contribution in [2.45, 2.75) is 45.2 Å². The fourth-order valence-electron chi connectivity index (χ4n) is 3.58.